The van der Waals surface area contributed by atoms with Crippen LogP contribution in [0.4, 0.5) is 4.39 Å². The standard InChI is InChI=1S/C12H13BrFNO3/c1-12(2,11(17)18)6-15-10(16)7-3-4-9(14)8(13)5-7/h3-5H,6H2,1-2H3,(H,15,16)(H,17,18). The molecule has 0 heterocycles. The molecule has 1 aromatic carbocycles. The Balaban J connectivity index is 2.72. The molecule has 0 unspecified atom stereocenters. The van der Waals surface area contributed by atoms with Gasteiger partial charge in [-0.2, -0.15) is 0 Å². The van der Waals surface area contributed by atoms with Crippen LogP contribution in [-0.2, 0) is 4.79 Å². The van der Waals surface area contributed by atoms with E-state index in [4.69, 9.17) is 5.11 Å². The molecule has 2 N–H and O–H groups in total. The van der Waals surface area contributed by atoms with Crippen LogP contribution in [-0.4, -0.2) is 23.5 Å². The number of carboxylic acids is 1. The van der Waals surface area contributed by atoms with Crippen molar-refractivity contribution in [2.75, 3.05) is 6.54 Å². The van der Waals surface area contributed by atoms with Crippen molar-refractivity contribution in [3.63, 3.8) is 0 Å². The third-order valence-corrected chi connectivity index (χ3v) is 3.06. The van der Waals surface area contributed by atoms with Crippen LogP contribution >= 0.6 is 15.9 Å². The van der Waals surface area contributed by atoms with E-state index in [9.17, 15) is 14.0 Å². The van der Waals surface area contributed by atoms with Gasteiger partial charge in [-0.15, -0.1) is 0 Å². The van der Waals surface area contributed by atoms with Gasteiger partial charge in [0.2, 0.25) is 0 Å². The van der Waals surface area contributed by atoms with Gasteiger partial charge in [0.05, 0.1) is 9.89 Å². The van der Waals surface area contributed by atoms with Crippen LogP contribution in [0.5, 0.6) is 0 Å². The van der Waals surface area contributed by atoms with E-state index in [0.29, 0.717) is 0 Å². The summed E-state index contributed by atoms with van der Waals surface area (Å²) in [7, 11) is 0. The van der Waals surface area contributed by atoms with E-state index < -0.39 is 23.1 Å². The number of nitrogens with one attached hydrogen (secondary N) is 1. The van der Waals surface area contributed by atoms with Crippen molar-refractivity contribution in [3.05, 3.63) is 34.1 Å². The Morgan fingerprint density at radius 2 is 2.06 bits per heavy atom. The summed E-state index contributed by atoms with van der Waals surface area (Å²) >= 11 is 2.98. The van der Waals surface area contributed by atoms with E-state index in [2.05, 4.69) is 21.2 Å². The number of benzene rings is 1. The van der Waals surface area contributed by atoms with E-state index in [0.717, 1.165) is 0 Å². The quantitative estimate of drug-likeness (QED) is 0.896. The van der Waals surface area contributed by atoms with E-state index in [-0.39, 0.29) is 16.6 Å². The van der Waals surface area contributed by atoms with Crippen molar-refractivity contribution < 1.29 is 19.1 Å². The van der Waals surface area contributed by atoms with Crippen LogP contribution < -0.4 is 5.32 Å². The first-order chi connectivity index (χ1) is 8.24. The molecule has 98 valence electrons. The molecule has 0 fully saturated rings. The Hall–Kier alpha value is -1.43. The van der Waals surface area contributed by atoms with Gasteiger partial charge in [-0.1, -0.05) is 0 Å². The third kappa shape index (κ3) is 3.53. The molecule has 4 nitrogen and oxygen atoms in total. The molecule has 1 aromatic rings. The van der Waals surface area contributed by atoms with Gasteiger partial charge in [0.15, 0.2) is 0 Å². The summed E-state index contributed by atoms with van der Waals surface area (Å²) in [5.74, 6) is -1.90. The maximum absolute atomic E-state index is 13.0. The average molecular weight is 318 g/mol. The molecule has 0 spiro atoms. The fourth-order valence-corrected chi connectivity index (χ4v) is 1.50. The summed E-state index contributed by atoms with van der Waals surface area (Å²) < 4.78 is 13.2. The summed E-state index contributed by atoms with van der Waals surface area (Å²) in [6.07, 6.45) is 0. The minimum atomic E-state index is -1.05. The predicted molar refractivity (Wildman–Crippen MR) is 67.9 cm³/mol. The van der Waals surface area contributed by atoms with Crippen LogP contribution in [0.2, 0.25) is 0 Å². The lowest BCUT2D eigenvalue weighted by Gasteiger charge is -2.19. The molecule has 6 heteroatoms. The van der Waals surface area contributed by atoms with Gasteiger partial charge in [-0.25, -0.2) is 4.39 Å². The van der Waals surface area contributed by atoms with Gasteiger partial charge in [0.25, 0.3) is 5.91 Å². The van der Waals surface area contributed by atoms with Gasteiger partial charge in [-0.05, 0) is 48.0 Å². The Morgan fingerprint density at radius 3 is 2.56 bits per heavy atom. The molecule has 0 aliphatic carbocycles. The highest BCUT2D eigenvalue weighted by molar-refractivity contribution is 9.10. The number of carboxylic acid groups (broad SMARTS) is 1. The van der Waals surface area contributed by atoms with E-state index in [1.165, 1.54) is 32.0 Å². The van der Waals surface area contributed by atoms with E-state index in [1.54, 1.807) is 0 Å². The first-order valence-electron chi connectivity index (χ1n) is 5.20. The molecule has 1 amide bonds. The minimum absolute atomic E-state index is 0.00381. The third-order valence-electron chi connectivity index (χ3n) is 2.45. The highest BCUT2D eigenvalue weighted by Gasteiger charge is 2.27. The predicted octanol–water partition coefficient (Wildman–Crippen LogP) is 2.43. The summed E-state index contributed by atoms with van der Waals surface area (Å²) in [5, 5.41) is 11.4. The first-order valence-corrected chi connectivity index (χ1v) is 6.00. The number of carbonyl (C=O) groups excluding carboxylic acids is 1. The maximum Gasteiger partial charge on any atom is 0.310 e. The van der Waals surface area contributed by atoms with Gasteiger partial charge in [-0.3, -0.25) is 9.59 Å². The monoisotopic (exact) mass is 317 g/mol. The lowest BCUT2D eigenvalue weighted by Crippen LogP contribution is -2.38. The molecule has 0 atom stereocenters. The number of hydrogen-bond donors (Lipinski definition) is 2. The van der Waals surface area contributed by atoms with Crippen LogP contribution in [0, 0.1) is 11.2 Å². The SMILES string of the molecule is CC(C)(CNC(=O)c1ccc(F)c(Br)c1)C(=O)O. The Kier molecular flexibility index (Phi) is 4.45. The highest BCUT2D eigenvalue weighted by Crippen LogP contribution is 2.17. The van der Waals surface area contributed by atoms with Crippen LogP contribution in [0.1, 0.15) is 24.2 Å². The number of halogens is 2. The summed E-state index contributed by atoms with van der Waals surface area (Å²) in [6.45, 7) is 3.02. The Labute approximate surface area is 112 Å². The number of amides is 1. The van der Waals surface area contributed by atoms with E-state index >= 15 is 0 Å². The minimum Gasteiger partial charge on any atom is -0.481 e. The van der Waals surface area contributed by atoms with Gasteiger partial charge < -0.3 is 10.4 Å². The lowest BCUT2D eigenvalue weighted by atomic mass is 9.94. The second kappa shape index (κ2) is 5.48. The normalized spacial score (nSPS) is 11.1. The summed E-state index contributed by atoms with van der Waals surface area (Å²) in [4.78, 5) is 22.6. The van der Waals surface area contributed by atoms with Crippen molar-refractivity contribution in [2.24, 2.45) is 5.41 Å². The smallest absolute Gasteiger partial charge is 0.310 e. The largest absolute Gasteiger partial charge is 0.481 e. The molecule has 0 aliphatic rings. The Bertz CT molecular complexity index is 488. The molecule has 0 saturated carbocycles. The van der Waals surface area contributed by atoms with Gasteiger partial charge in [0, 0.05) is 12.1 Å². The number of aliphatic carboxylic acids is 1. The van der Waals surface area contributed by atoms with Gasteiger partial charge in [0.1, 0.15) is 5.82 Å². The molecule has 0 saturated heterocycles. The summed E-state index contributed by atoms with van der Waals surface area (Å²) in [5.41, 5.74) is -0.781. The van der Waals surface area contributed by atoms with Crippen LogP contribution in [0.25, 0.3) is 0 Å². The Morgan fingerprint density at radius 1 is 1.44 bits per heavy atom. The molecule has 0 aliphatic heterocycles. The zero-order valence-corrected chi connectivity index (χ0v) is 11.5. The highest BCUT2D eigenvalue weighted by atomic mass is 79.9. The number of rotatable bonds is 4. The van der Waals surface area contributed by atoms with Crippen molar-refractivity contribution >= 4 is 27.8 Å². The first kappa shape index (κ1) is 14.6. The summed E-state index contributed by atoms with van der Waals surface area (Å²) in [6, 6.07) is 3.85. The molecular weight excluding hydrogens is 305 g/mol. The molecule has 0 bridgehead atoms. The molecule has 0 radical (unpaired) electrons. The zero-order chi connectivity index (χ0) is 13.9. The topological polar surface area (TPSA) is 66.4 Å². The molecule has 18 heavy (non-hydrogen) atoms. The molecular formula is C12H13BrFNO3. The second-order valence-corrected chi connectivity index (χ2v) is 5.35. The van der Waals surface area contributed by atoms with Crippen LogP contribution in [0.3, 0.4) is 0 Å². The van der Waals surface area contributed by atoms with Crippen LogP contribution in [0.15, 0.2) is 22.7 Å². The van der Waals surface area contributed by atoms with Crippen molar-refractivity contribution in [1.82, 2.24) is 5.32 Å². The van der Waals surface area contributed by atoms with Gasteiger partial charge >= 0.3 is 5.97 Å². The average Bonchev–Trinajstić information content (AvgIpc) is 2.29. The van der Waals surface area contributed by atoms with E-state index in [1.807, 2.05) is 0 Å². The molecule has 0 aromatic heterocycles. The maximum atomic E-state index is 13.0. The number of hydrogen-bond acceptors (Lipinski definition) is 2. The fraction of sp³-hybridized carbons (Fsp3) is 0.333. The fourth-order valence-electron chi connectivity index (χ4n) is 1.12. The second-order valence-electron chi connectivity index (χ2n) is 4.50. The van der Waals surface area contributed by atoms with Crippen molar-refractivity contribution in [3.8, 4) is 0 Å². The van der Waals surface area contributed by atoms with Crippen molar-refractivity contribution in [1.29, 1.82) is 0 Å². The van der Waals surface area contributed by atoms with Crippen molar-refractivity contribution in [2.45, 2.75) is 13.8 Å². The molecule has 1 rings (SSSR count). The lowest BCUT2D eigenvalue weighted by molar-refractivity contribution is -0.146. The number of carbonyl (C=O) groups is 2. The zero-order valence-electron chi connectivity index (χ0n) is 9.96.